The van der Waals surface area contributed by atoms with Crippen LogP contribution in [0.2, 0.25) is 0 Å². The second-order valence-electron chi connectivity index (χ2n) is 7.06. The van der Waals surface area contributed by atoms with Crippen molar-refractivity contribution in [3.05, 3.63) is 42.6 Å². The molecule has 2 fully saturated rings. The number of amides is 2. The third-order valence-corrected chi connectivity index (χ3v) is 5.36. The van der Waals surface area contributed by atoms with Gasteiger partial charge in [-0.25, -0.2) is 9.97 Å². The van der Waals surface area contributed by atoms with Crippen LogP contribution in [0.5, 0.6) is 0 Å². The van der Waals surface area contributed by atoms with Gasteiger partial charge in [-0.3, -0.25) is 14.2 Å². The van der Waals surface area contributed by atoms with Crippen molar-refractivity contribution in [3.8, 4) is 5.82 Å². The third-order valence-electron chi connectivity index (χ3n) is 5.36. The predicted molar refractivity (Wildman–Crippen MR) is 95.3 cm³/mol. The highest BCUT2D eigenvalue weighted by Gasteiger charge is 2.38. The minimum atomic E-state index is -0.253. The van der Waals surface area contributed by atoms with Crippen LogP contribution in [-0.2, 0) is 16.1 Å². The molecule has 1 saturated carbocycles. The molecule has 0 aromatic carbocycles. The molecular weight excluding hydrogens is 330 g/mol. The molecule has 0 unspecified atom stereocenters. The summed E-state index contributed by atoms with van der Waals surface area (Å²) in [5, 5.41) is 2.98. The third kappa shape index (κ3) is 3.34. The highest BCUT2D eigenvalue weighted by molar-refractivity contribution is 5.89. The van der Waals surface area contributed by atoms with Gasteiger partial charge in [0.15, 0.2) is 0 Å². The van der Waals surface area contributed by atoms with Crippen molar-refractivity contribution >= 4 is 11.8 Å². The molecule has 2 aromatic rings. The van der Waals surface area contributed by atoms with Gasteiger partial charge in [0.05, 0.1) is 5.92 Å². The van der Waals surface area contributed by atoms with E-state index in [-0.39, 0.29) is 17.7 Å². The number of hydrogen-bond acceptors (Lipinski definition) is 4. The topological polar surface area (TPSA) is 80.1 Å². The first-order valence-corrected chi connectivity index (χ1v) is 9.22. The van der Waals surface area contributed by atoms with E-state index >= 15 is 0 Å². The molecule has 136 valence electrons. The van der Waals surface area contributed by atoms with Gasteiger partial charge >= 0.3 is 0 Å². The molecule has 26 heavy (non-hydrogen) atoms. The normalized spacial score (nSPS) is 20.7. The minimum Gasteiger partial charge on any atom is -0.352 e. The number of imidazole rings is 1. The number of nitrogens with one attached hydrogen (secondary N) is 1. The molecule has 3 heterocycles. The highest BCUT2D eigenvalue weighted by atomic mass is 16.2. The molecule has 0 spiro atoms. The van der Waals surface area contributed by atoms with Gasteiger partial charge in [0.2, 0.25) is 11.8 Å². The average Bonchev–Trinajstić information content (AvgIpc) is 3.40. The summed E-state index contributed by atoms with van der Waals surface area (Å²) >= 11 is 0. The number of nitrogens with zero attached hydrogens (tertiary/aromatic N) is 4. The zero-order valence-corrected chi connectivity index (χ0v) is 14.7. The fourth-order valence-corrected chi connectivity index (χ4v) is 3.99. The van der Waals surface area contributed by atoms with E-state index in [1.165, 1.54) is 12.8 Å². The van der Waals surface area contributed by atoms with Crippen LogP contribution < -0.4 is 5.32 Å². The van der Waals surface area contributed by atoms with Crippen LogP contribution in [0.1, 0.15) is 37.7 Å². The van der Waals surface area contributed by atoms with Gasteiger partial charge in [0.1, 0.15) is 12.1 Å². The standard InChI is InChI=1S/C19H23N5O2/c25-17-10-15(12-24(17)16-5-1-2-6-16)19(26)22-11-14-4-3-7-21-18(14)23-9-8-20-13-23/h3-4,7-9,13,15-16H,1-2,5-6,10-12H2,(H,22,26)/t15-/m0/s1. The van der Waals surface area contributed by atoms with E-state index in [1.54, 1.807) is 18.7 Å². The lowest BCUT2D eigenvalue weighted by Gasteiger charge is -2.23. The van der Waals surface area contributed by atoms with Gasteiger partial charge in [0.25, 0.3) is 0 Å². The zero-order valence-electron chi connectivity index (χ0n) is 14.7. The van der Waals surface area contributed by atoms with Crippen LogP contribution in [0.3, 0.4) is 0 Å². The molecule has 1 atom stereocenters. The largest absolute Gasteiger partial charge is 0.352 e. The maximum absolute atomic E-state index is 12.6. The van der Waals surface area contributed by atoms with Crippen molar-refractivity contribution in [2.75, 3.05) is 6.54 Å². The van der Waals surface area contributed by atoms with Gasteiger partial charge in [-0.2, -0.15) is 0 Å². The van der Waals surface area contributed by atoms with E-state index in [1.807, 2.05) is 27.8 Å². The van der Waals surface area contributed by atoms with Crippen molar-refractivity contribution in [3.63, 3.8) is 0 Å². The second kappa shape index (κ2) is 7.27. The van der Waals surface area contributed by atoms with E-state index < -0.39 is 0 Å². The van der Waals surface area contributed by atoms with Gasteiger partial charge < -0.3 is 10.2 Å². The van der Waals surface area contributed by atoms with E-state index in [0.29, 0.717) is 25.6 Å². The molecule has 1 saturated heterocycles. The van der Waals surface area contributed by atoms with Crippen molar-refractivity contribution in [2.45, 2.75) is 44.7 Å². The minimum absolute atomic E-state index is 0.0562. The van der Waals surface area contributed by atoms with E-state index in [2.05, 4.69) is 15.3 Å². The van der Waals surface area contributed by atoms with Crippen molar-refractivity contribution in [2.24, 2.45) is 5.92 Å². The lowest BCUT2D eigenvalue weighted by Crippen LogP contribution is -2.36. The zero-order chi connectivity index (χ0) is 17.9. The summed E-state index contributed by atoms with van der Waals surface area (Å²) in [6, 6.07) is 4.13. The second-order valence-corrected chi connectivity index (χ2v) is 7.06. The maximum Gasteiger partial charge on any atom is 0.225 e. The predicted octanol–water partition coefficient (Wildman–Crippen LogP) is 1.67. The number of hydrogen-bond donors (Lipinski definition) is 1. The Morgan fingerprint density at radius 3 is 2.88 bits per heavy atom. The smallest absolute Gasteiger partial charge is 0.225 e. The number of carbonyl (C=O) groups excluding carboxylic acids is 2. The number of aromatic nitrogens is 3. The Kier molecular flexibility index (Phi) is 4.69. The number of rotatable bonds is 5. The highest BCUT2D eigenvalue weighted by Crippen LogP contribution is 2.29. The first kappa shape index (κ1) is 16.8. The molecule has 1 N–H and O–H groups in total. The summed E-state index contributed by atoms with van der Waals surface area (Å²) in [7, 11) is 0. The Balaban J connectivity index is 1.38. The first-order valence-electron chi connectivity index (χ1n) is 9.22. The molecule has 4 rings (SSSR count). The van der Waals surface area contributed by atoms with Crippen LogP contribution in [-0.4, -0.2) is 43.8 Å². The van der Waals surface area contributed by atoms with Crippen LogP contribution >= 0.6 is 0 Å². The Labute approximate surface area is 152 Å². The van der Waals surface area contributed by atoms with E-state index in [9.17, 15) is 9.59 Å². The summed E-state index contributed by atoms with van der Waals surface area (Å²) < 4.78 is 1.82. The van der Waals surface area contributed by atoms with E-state index in [4.69, 9.17) is 0 Å². The number of likely N-dealkylation sites (tertiary alicyclic amines) is 1. The SMILES string of the molecule is O=C(NCc1cccnc1-n1ccnc1)[C@H]1CC(=O)N(C2CCCC2)C1. The molecular formula is C19H23N5O2. The van der Waals surface area contributed by atoms with Gasteiger partial charge in [0, 0.05) is 49.7 Å². The van der Waals surface area contributed by atoms with Crippen LogP contribution in [0.25, 0.3) is 5.82 Å². The molecule has 7 heteroatoms. The lowest BCUT2D eigenvalue weighted by molar-refractivity contribution is -0.130. The van der Waals surface area contributed by atoms with Crippen LogP contribution in [0.15, 0.2) is 37.1 Å². The monoisotopic (exact) mass is 353 g/mol. The Hall–Kier alpha value is -2.70. The summed E-state index contributed by atoms with van der Waals surface area (Å²) in [5.74, 6) is 0.564. The van der Waals surface area contributed by atoms with Gasteiger partial charge in [-0.05, 0) is 18.9 Å². The molecule has 1 aliphatic carbocycles. The molecule has 2 aliphatic rings. The molecule has 2 aromatic heterocycles. The molecule has 0 radical (unpaired) electrons. The lowest BCUT2D eigenvalue weighted by atomic mass is 10.1. The average molecular weight is 353 g/mol. The quantitative estimate of drug-likeness (QED) is 0.887. The molecule has 2 amide bonds. The summed E-state index contributed by atoms with van der Waals surface area (Å²) in [4.78, 5) is 35.2. The first-order chi connectivity index (χ1) is 12.7. The summed E-state index contributed by atoms with van der Waals surface area (Å²) in [6.45, 7) is 0.936. The fraction of sp³-hybridized carbons (Fsp3) is 0.474. The van der Waals surface area contributed by atoms with Crippen molar-refractivity contribution < 1.29 is 9.59 Å². The van der Waals surface area contributed by atoms with Crippen LogP contribution in [0.4, 0.5) is 0 Å². The number of carbonyl (C=O) groups is 2. The maximum atomic E-state index is 12.6. The molecule has 7 nitrogen and oxygen atoms in total. The Morgan fingerprint density at radius 2 is 2.12 bits per heavy atom. The van der Waals surface area contributed by atoms with Gasteiger partial charge in [-0.15, -0.1) is 0 Å². The van der Waals surface area contributed by atoms with Crippen molar-refractivity contribution in [1.82, 2.24) is 24.8 Å². The summed E-state index contributed by atoms with van der Waals surface area (Å²) in [5.41, 5.74) is 0.913. The van der Waals surface area contributed by atoms with Crippen molar-refractivity contribution in [1.29, 1.82) is 0 Å². The number of pyridine rings is 1. The Bertz CT molecular complexity index is 783. The Morgan fingerprint density at radius 1 is 1.27 bits per heavy atom. The van der Waals surface area contributed by atoms with E-state index in [0.717, 1.165) is 24.2 Å². The van der Waals surface area contributed by atoms with Gasteiger partial charge in [-0.1, -0.05) is 18.9 Å². The fourth-order valence-electron chi connectivity index (χ4n) is 3.99. The van der Waals surface area contributed by atoms with Crippen LogP contribution in [0, 0.1) is 5.92 Å². The molecule has 1 aliphatic heterocycles. The molecule has 0 bridgehead atoms. The summed E-state index contributed by atoms with van der Waals surface area (Å²) in [6.07, 6.45) is 11.8.